The highest BCUT2D eigenvalue weighted by Gasteiger charge is 2.19. The third-order valence-corrected chi connectivity index (χ3v) is 4.33. The number of benzene rings is 1. The Hall–Kier alpha value is -1.99. The first-order valence-corrected chi connectivity index (χ1v) is 8.75. The van der Waals surface area contributed by atoms with Crippen LogP contribution >= 0.6 is 22.9 Å². The van der Waals surface area contributed by atoms with Crippen molar-refractivity contribution in [2.24, 2.45) is 5.92 Å². The van der Waals surface area contributed by atoms with Gasteiger partial charge in [-0.3, -0.25) is 14.9 Å². The number of aromatic nitrogens is 2. The molecule has 2 N–H and O–H groups in total. The Morgan fingerprint density at radius 2 is 1.92 bits per heavy atom. The van der Waals surface area contributed by atoms with Gasteiger partial charge < -0.3 is 5.32 Å². The molecule has 0 bridgehead atoms. The molecule has 2 rings (SSSR count). The minimum atomic E-state index is -0.730. The summed E-state index contributed by atoms with van der Waals surface area (Å²) < 4.78 is 0. The molecule has 0 fully saturated rings. The van der Waals surface area contributed by atoms with Crippen LogP contribution in [-0.4, -0.2) is 28.1 Å². The fourth-order valence-corrected chi connectivity index (χ4v) is 3.11. The molecule has 6 nitrogen and oxygen atoms in total. The van der Waals surface area contributed by atoms with E-state index in [0.717, 1.165) is 11.4 Å². The van der Waals surface area contributed by atoms with Crippen molar-refractivity contribution in [3.05, 3.63) is 39.9 Å². The molecule has 0 aliphatic carbocycles. The minimum absolute atomic E-state index is 0.328. The average molecular weight is 367 g/mol. The molecule has 1 unspecified atom stereocenters. The van der Waals surface area contributed by atoms with Gasteiger partial charge in [0.15, 0.2) is 0 Å². The van der Waals surface area contributed by atoms with E-state index in [2.05, 4.69) is 34.7 Å². The van der Waals surface area contributed by atoms with E-state index >= 15 is 0 Å². The van der Waals surface area contributed by atoms with Crippen LogP contribution in [0.1, 0.15) is 36.1 Å². The number of carbonyl (C=O) groups excluding carboxylic acids is 2. The first-order chi connectivity index (χ1) is 11.4. The predicted octanol–water partition coefficient (Wildman–Crippen LogP) is 3.15. The van der Waals surface area contributed by atoms with Crippen LogP contribution < -0.4 is 10.6 Å². The lowest BCUT2D eigenvalue weighted by Gasteiger charge is -2.13. The summed E-state index contributed by atoms with van der Waals surface area (Å²) in [5.74, 6) is -0.293. The maximum atomic E-state index is 12.2. The van der Waals surface area contributed by atoms with Crippen molar-refractivity contribution < 1.29 is 9.59 Å². The third-order valence-electron chi connectivity index (χ3n) is 3.14. The largest absolute Gasteiger partial charge is 0.340 e. The summed E-state index contributed by atoms with van der Waals surface area (Å²) in [4.78, 5) is 24.3. The van der Waals surface area contributed by atoms with Gasteiger partial charge >= 0.3 is 0 Å². The molecule has 128 valence electrons. The van der Waals surface area contributed by atoms with E-state index < -0.39 is 11.9 Å². The lowest BCUT2D eigenvalue weighted by molar-refractivity contribution is -0.117. The SMILES string of the molecule is CC(C)Cc1nnc(NC(=O)C(C)NC(=O)c2ccccc2Cl)s1. The second-order valence-electron chi connectivity index (χ2n) is 5.76. The van der Waals surface area contributed by atoms with E-state index in [9.17, 15) is 9.59 Å². The van der Waals surface area contributed by atoms with Crippen molar-refractivity contribution in [2.75, 3.05) is 5.32 Å². The zero-order valence-electron chi connectivity index (χ0n) is 13.7. The summed E-state index contributed by atoms with van der Waals surface area (Å²) in [6.07, 6.45) is 0.812. The summed E-state index contributed by atoms with van der Waals surface area (Å²) >= 11 is 7.31. The zero-order chi connectivity index (χ0) is 17.7. The highest BCUT2D eigenvalue weighted by molar-refractivity contribution is 7.15. The van der Waals surface area contributed by atoms with Gasteiger partial charge in [-0.2, -0.15) is 0 Å². The molecule has 24 heavy (non-hydrogen) atoms. The summed E-state index contributed by atoms with van der Waals surface area (Å²) in [6, 6.07) is 5.94. The van der Waals surface area contributed by atoms with Gasteiger partial charge in [-0.1, -0.05) is 48.9 Å². The summed E-state index contributed by atoms with van der Waals surface area (Å²) in [7, 11) is 0. The number of carbonyl (C=O) groups is 2. The summed E-state index contributed by atoms with van der Waals surface area (Å²) in [5, 5.41) is 14.9. The number of hydrogen-bond donors (Lipinski definition) is 2. The van der Waals surface area contributed by atoms with Crippen LogP contribution in [0, 0.1) is 5.92 Å². The van der Waals surface area contributed by atoms with Crippen molar-refractivity contribution in [3.8, 4) is 0 Å². The maximum Gasteiger partial charge on any atom is 0.253 e. The molecule has 0 saturated carbocycles. The van der Waals surface area contributed by atoms with Gasteiger partial charge in [0.1, 0.15) is 11.0 Å². The topological polar surface area (TPSA) is 84.0 Å². The van der Waals surface area contributed by atoms with Gasteiger partial charge in [-0.05, 0) is 25.0 Å². The fraction of sp³-hybridized carbons (Fsp3) is 0.375. The first-order valence-electron chi connectivity index (χ1n) is 7.55. The molecule has 2 aromatic rings. The van der Waals surface area contributed by atoms with Crippen molar-refractivity contribution in [1.29, 1.82) is 0 Å². The molecule has 1 aromatic heterocycles. The third kappa shape index (κ3) is 5.01. The summed E-state index contributed by atoms with van der Waals surface area (Å²) in [6.45, 7) is 5.78. The van der Waals surface area contributed by atoms with E-state index in [1.807, 2.05) is 0 Å². The number of anilines is 1. The molecule has 0 aliphatic rings. The Kier molecular flexibility index (Phi) is 6.28. The Morgan fingerprint density at radius 1 is 1.21 bits per heavy atom. The smallest absolute Gasteiger partial charge is 0.253 e. The normalized spacial score (nSPS) is 12.0. The highest BCUT2D eigenvalue weighted by atomic mass is 35.5. The Morgan fingerprint density at radius 3 is 2.58 bits per heavy atom. The Bertz CT molecular complexity index is 732. The molecule has 1 heterocycles. The fourth-order valence-electron chi connectivity index (χ4n) is 1.93. The van der Waals surface area contributed by atoms with Crippen molar-refractivity contribution in [1.82, 2.24) is 15.5 Å². The number of nitrogens with one attached hydrogen (secondary N) is 2. The van der Waals surface area contributed by atoms with Gasteiger partial charge in [0.2, 0.25) is 11.0 Å². The molecule has 0 spiro atoms. The molecule has 0 radical (unpaired) electrons. The molecule has 8 heteroatoms. The minimum Gasteiger partial charge on any atom is -0.340 e. The first kappa shape index (κ1) is 18.4. The van der Waals surface area contributed by atoms with Gasteiger partial charge in [-0.25, -0.2) is 0 Å². The lowest BCUT2D eigenvalue weighted by Crippen LogP contribution is -2.41. The number of nitrogens with zero attached hydrogens (tertiary/aromatic N) is 2. The van der Waals surface area contributed by atoms with E-state index in [1.54, 1.807) is 31.2 Å². The maximum absolute atomic E-state index is 12.2. The monoisotopic (exact) mass is 366 g/mol. The van der Waals surface area contributed by atoms with Crippen LogP contribution in [0.4, 0.5) is 5.13 Å². The van der Waals surface area contributed by atoms with Gasteiger partial charge in [0.25, 0.3) is 5.91 Å². The molecule has 0 aliphatic heterocycles. The lowest BCUT2D eigenvalue weighted by atomic mass is 10.1. The van der Waals surface area contributed by atoms with E-state index in [4.69, 9.17) is 11.6 Å². The second kappa shape index (κ2) is 8.21. The standard InChI is InChI=1S/C16H19ClN4O2S/c1-9(2)8-13-20-21-16(24-13)19-14(22)10(3)18-15(23)11-6-4-5-7-12(11)17/h4-7,9-10H,8H2,1-3H3,(H,18,23)(H,19,21,22). The number of hydrogen-bond acceptors (Lipinski definition) is 5. The van der Waals surface area contributed by atoms with Crippen LogP contribution in [0.5, 0.6) is 0 Å². The molecule has 1 aromatic carbocycles. The van der Waals surface area contributed by atoms with Crippen LogP contribution in [-0.2, 0) is 11.2 Å². The van der Waals surface area contributed by atoms with Crippen LogP contribution in [0.3, 0.4) is 0 Å². The quantitative estimate of drug-likeness (QED) is 0.822. The second-order valence-corrected chi connectivity index (χ2v) is 7.23. The van der Waals surface area contributed by atoms with Gasteiger partial charge in [0, 0.05) is 6.42 Å². The number of rotatable bonds is 6. The van der Waals surface area contributed by atoms with E-state index in [-0.39, 0.29) is 5.91 Å². The molecular formula is C16H19ClN4O2S. The Balaban J connectivity index is 1.93. The van der Waals surface area contributed by atoms with Gasteiger partial charge in [-0.15, -0.1) is 10.2 Å². The van der Waals surface area contributed by atoms with E-state index in [0.29, 0.717) is 21.6 Å². The molecular weight excluding hydrogens is 348 g/mol. The molecule has 1 atom stereocenters. The van der Waals surface area contributed by atoms with Crippen molar-refractivity contribution in [3.63, 3.8) is 0 Å². The average Bonchev–Trinajstić information content (AvgIpc) is 2.93. The number of halogens is 1. The molecule has 2 amide bonds. The van der Waals surface area contributed by atoms with Crippen LogP contribution in [0.15, 0.2) is 24.3 Å². The van der Waals surface area contributed by atoms with Crippen LogP contribution in [0.25, 0.3) is 0 Å². The van der Waals surface area contributed by atoms with Gasteiger partial charge in [0.05, 0.1) is 10.6 Å². The summed E-state index contributed by atoms with van der Waals surface area (Å²) in [5.41, 5.74) is 0.328. The molecule has 0 saturated heterocycles. The predicted molar refractivity (Wildman–Crippen MR) is 95.5 cm³/mol. The Labute approximate surface area is 149 Å². The van der Waals surface area contributed by atoms with E-state index in [1.165, 1.54) is 11.3 Å². The number of amides is 2. The highest BCUT2D eigenvalue weighted by Crippen LogP contribution is 2.18. The van der Waals surface area contributed by atoms with Crippen LogP contribution in [0.2, 0.25) is 5.02 Å². The van der Waals surface area contributed by atoms with Crippen molar-refractivity contribution >= 4 is 39.9 Å². The zero-order valence-corrected chi connectivity index (χ0v) is 15.2. The van der Waals surface area contributed by atoms with Crippen molar-refractivity contribution in [2.45, 2.75) is 33.2 Å².